The fraction of sp³-hybridized carbons (Fsp3) is 0.188. The molecule has 9 heteroatoms. The number of fused-ring (bicyclic) bond motifs is 1. The lowest BCUT2D eigenvalue weighted by Crippen LogP contribution is -2.16. The molecule has 0 aliphatic carbocycles. The molecule has 0 saturated heterocycles. The van der Waals surface area contributed by atoms with Gasteiger partial charge in [-0.15, -0.1) is 0 Å². The Bertz CT molecular complexity index is 1110. The zero-order chi connectivity index (χ0) is 18.4. The lowest BCUT2D eigenvalue weighted by molar-refractivity contribution is 0.512. The van der Waals surface area contributed by atoms with Crippen LogP contribution in [0, 0.1) is 18.6 Å². The molecule has 25 heavy (non-hydrogen) atoms. The van der Waals surface area contributed by atoms with Gasteiger partial charge in [0.05, 0.1) is 10.4 Å². The predicted octanol–water partition coefficient (Wildman–Crippen LogP) is 3.00. The van der Waals surface area contributed by atoms with Crippen LogP contribution in [0.2, 0.25) is 0 Å². The Balaban J connectivity index is 2.14. The Kier molecular flexibility index (Phi) is 4.11. The molecule has 0 saturated carbocycles. The van der Waals surface area contributed by atoms with E-state index in [2.05, 4.69) is 0 Å². The number of nitrogens with zero attached hydrogens (tertiary/aromatic N) is 1. The van der Waals surface area contributed by atoms with Crippen molar-refractivity contribution in [1.82, 2.24) is 4.57 Å². The normalized spacial score (nSPS) is 11.8. The summed E-state index contributed by atoms with van der Waals surface area (Å²) in [6.45, 7) is 3.62. The van der Waals surface area contributed by atoms with Crippen molar-refractivity contribution in [2.75, 3.05) is 4.72 Å². The van der Waals surface area contributed by atoms with Gasteiger partial charge in [-0.25, -0.2) is 22.0 Å². The molecule has 3 rings (SSSR count). The fourth-order valence-corrected chi connectivity index (χ4v) is 3.89. The number of aromatic nitrogens is 1. The summed E-state index contributed by atoms with van der Waals surface area (Å²) in [5, 5.41) is 0. The molecule has 0 spiro atoms. The Morgan fingerprint density at radius 1 is 1.20 bits per heavy atom. The van der Waals surface area contributed by atoms with Crippen molar-refractivity contribution >= 4 is 26.8 Å². The minimum Gasteiger partial charge on any atom is -0.408 e. The van der Waals surface area contributed by atoms with Gasteiger partial charge in [-0.1, -0.05) is 6.07 Å². The number of para-hydroxylation sites is 1. The predicted molar refractivity (Wildman–Crippen MR) is 88.1 cm³/mol. The molecule has 0 bridgehead atoms. The maximum atomic E-state index is 13.7. The van der Waals surface area contributed by atoms with Gasteiger partial charge in [0, 0.05) is 12.6 Å². The van der Waals surface area contributed by atoms with E-state index in [0.29, 0.717) is 17.6 Å². The first-order valence-electron chi connectivity index (χ1n) is 7.35. The summed E-state index contributed by atoms with van der Waals surface area (Å²) < 4.78 is 60.9. The van der Waals surface area contributed by atoms with Crippen molar-refractivity contribution in [1.29, 1.82) is 0 Å². The Morgan fingerprint density at radius 2 is 1.84 bits per heavy atom. The van der Waals surface area contributed by atoms with Crippen LogP contribution in [-0.2, 0) is 16.6 Å². The fourth-order valence-electron chi connectivity index (χ4n) is 2.57. The molecule has 0 unspecified atom stereocenters. The number of benzene rings is 2. The molecule has 6 nitrogen and oxygen atoms in total. The van der Waals surface area contributed by atoms with E-state index in [-0.39, 0.29) is 10.5 Å². The van der Waals surface area contributed by atoms with Gasteiger partial charge in [0.25, 0.3) is 10.0 Å². The Hall–Kier alpha value is -2.68. The second-order valence-corrected chi connectivity index (χ2v) is 7.05. The number of rotatable bonds is 4. The van der Waals surface area contributed by atoms with E-state index in [9.17, 15) is 22.0 Å². The molecule has 1 N–H and O–H groups in total. The maximum absolute atomic E-state index is 13.7. The first-order chi connectivity index (χ1) is 11.7. The van der Waals surface area contributed by atoms with Gasteiger partial charge in [-0.05, 0) is 37.6 Å². The van der Waals surface area contributed by atoms with Crippen molar-refractivity contribution in [2.45, 2.75) is 25.3 Å². The number of oxazole rings is 1. The molecule has 1 heterocycles. The highest BCUT2D eigenvalue weighted by Crippen LogP contribution is 2.27. The molecule has 0 radical (unpaired) electrons. The van der Waals surface area contributed by atoms with Crippen LogP contribution >= 0.6 is 0 Å². The minimum atomic E-state index is -4.29. The molecule has 2 aromatic carbocycles. The minimum absolute atomic E-state index is 0.0758. The molecular weight excluding hydrogens is 354 g/mol. The third-order valence-electron chi connectivity index (χ3n) is 3.77. The molecule has 0 aliphatic heterocycles. The number of anilines is 1. The molecular formula is C16H14F2N2O4S. The third-order valence-corrected chi connectivity index (χ3v) is 5.26. The summed E-state index contributed by atoms with van der Waals surface area (Å²) >= 11 is 0. The molecule has 0 fully saturated rings. The van der Waals surface area contributed by atoms with Gasteiger partial charge in [0.15, 0.2) is 5.58 Å². The van der Waals surface area contributed by atoms with E-state index in [4.69, 9.17) is 4.42 Å². The van der Waals surface area contributed by atoms with Gasteiger partial charge < -0.3 is 4.42 Å². The maximum Gasteiger partial charge on any atom is 0.419 e. The van der Waals surface area contributed by atoms with Gasteiger partial charge >= 0.3 is 5.76 Å². The lowest BCUT2D eigenvalue weighted by Gasteiger charge is -2.12. The highest BCUT2D eigenvalue weighted by molar-refractivity contribution is 7.92. The van der Waals surface area contributed by atoms with E-state index in [1.54, 1.807) is 6.92 Å². The smallest absolute Gasteiger partial charge is 0.408 e. The summed E-state index contributed by atoms with van der Waals surface area (Å²) in [5.41, 5.74) is 0.0576. The summed E-state index contributed by atoms with van der Waals surface area (Å²) in [6.07, 6.45) is 0. The van der Waals surface area contributed by atoms with Crippen LogP contribution in [-0.4, -0.2) is 13.0 Å². The van der Waals surface area contributed by atoms with Crippen LogP contribution in [0.25, 0.3) is 11.1 Å². The van der Waals surface area contributed by atoms with Crippen molar-refractivity contribution in [2.24, 2.45) is 0 Å². The van der Waals surface area contributed by atoms with Crippen LogP contribution < -0.4 is 10.5 Å². The SMILES string of the molecule is CCn1c(=O)oc2cc(S(=O)(=O)Nc3c(F)cccc3F)c(C)cc21. The van der Waals surface area contributed by atoms with Crippen LogP contribution in [0.3, 0.4) is 0 Å². The van der Waals surface area contributed by atoms with Gasteiger partial charge in [-0.2, -0.15) is 0 Å². The van der Waals surface area contributed by atoms with E-state index >= 15 is 0 Å². The molecule has 0 amide bonds. The zero-order valence-corrected chi connectivity index (χ0v) is 14.2. The molecule has 1 aromatic heterocycles. The van der Waals surface area contributed by atoms with Crippen LogP contribution in [0.5, 0.6) is 0 Å². The van der Waals surface area contributed by atoms with E-state index in [1.165, 1.54) is 23.6 Å². The van der Waals surface area contributed by atoms with Crippen molar-refractivity contribution in [3.05, 3.63) is 58.1 Å². The molecule has 0 atom stereocenters. The van der Waals surface area contributed by atoms with Crippen molar-refractivity contribution in [3.63, 3.8) is 0 Å². The standard InChI is InChI=1S/C16H14F2N2O4S/c1-3-20-12-7-9(2)14(8-13(12)24-16(20)21)25(22,23)19-15-10(17)5-4-6-11(15)18/h4-8,19H,3H2,1-2H3. The summed E-state index contributed by atoms with van der Waals surface area (Å²) in [4.78, 5) is 11.5. The van der Waals surface area contributed by atoms with Crippen LogP contribution in [0.15, 0.2) is 44.4 Å². The second-order valence-electron chi connectivity index (χ2n) is 5.40. The monoisotopic (exact) mass is 368 g/mol. The average Bonchev–Trinajstić information content (AvgIpc) is 2.84. The first kappa shape index (κ1) is 17.2. The number of hydrogen-bond acceptors (Lipinski definition) is 4. The van der Waals surface area contributed by atoms with Gasteiger partial charge in [-0.3, -0.25) is 9.29 Å². The molecule has 132 valence electrons. The third kappa shape index (κ3) is 2.91. The van der Waals surface area contributed by atoms with Gasteiger partial charge in [0.1, 0.15) is 17.3 Å². The molecule has 3 aromatic rings. The van der Waals surface area contributed by atoms with Crippen LogP contribution in [0.4, 0.5) is 14.5 Å². The van der Waals surface area contributed by atoms with E-state index in [0.717, 1.165) is 18.2 Å². The Labute approximate surface area is 141 Å². The van der Waals surface area contributed by atoms with Crippen molar-refractivity contribution in [3.8, 4) is 0 Å². The number of halogens is 2. The number of nitrogens with one attached hydrogen (secondary N) is 1. The van der Waals surface area contributed by atoms with E-state index in [1.807, 2.05) is 4.72 Å². The summed E-state index contributed by atoms with van der Waals surface area (Å²) in [7, 11) is -4.29. The number of sulfonamides is 1. The first-order valence-corrected chi connectivity index (χ1v) is 8.83. The lowest BCUT2D eigenvalue weighted by atomic mass is 10.2. The molecule has 0 aliphatic rings. The average molecular weight is 368 g/mol. The highest BCUT2D eigenvalue weighted by Gasteiger charge is 2.23. The van der Waals surface area contributed by atoms with Crippen molar-refractivity contribution < 1.29 is 21.6 Å². The number of aryl methyl sites for hydroxylation is 2. The van der Waals surface area contributed by atoms with E-state index < -0.39 is 33.1 Å². The summed E-state index contributed by atoms with van der Waals surface area (Å²) in [6, 6.07) is 5.66. The van der Waals surface area contributed by atoms with Crippen LogP contribution in [0.1, 0.15) is 12.5 Å². The second kappa shape index (κ2) is 5.99. The Morgan fingerprint density at radius 3 is 2.44 bits per heavy atom. The quantitative estimate of drug-likeness (QED) is 0.768. The number of hydrogen-bond donors (Lipinski definition) is 1. The topological polar surface area (TPSA) is 81.3 Å². The summed E-state index contributed by atoms with van der Waals surface area (Å²) in [5.74, 6) is -2.68. The zero-order valence-electron chi connectivity index (χ0n) is 13.3. The largest absolute Gasteiger partial charge is 0.419 e. The highest BCUT2D eigenvalue weighted by atomic mass is 32.2. The van der Waals surface area contributed by atoms with Gasteiger partial charge in [0.2, 0.25) is 0 Å².